The third kappa shape index (κ3) is 6.78. The molecular weight excluding hydrogens is 629 g/mol. The summed E-state index contributed by atoms with van der Waals surface area (Å²) in [6, 6.07) is 8.50. The summed E-state index contributed by atoms with van der Waals surface area (Å²) in [5.74, 6) is 0.438. The van der Waals surface area contributed by atoms with Gasteiger partial charge in [0.2, 0.25) is 5.78 Å². The quantitative estimate of drug-likeness (QED) is 0.0583. The molecular formula is C30H40N7O7PSi. The van der Waals surface area contributed by atoms with E-state index in [-0.39, 0.29) is 50.0 Å². The van der Waals surface area contributed by atoms with Gasteiger partial charge in [-0.3, -0.25) is 19.5 Å². The van der Waals surface area contributed by atoms with Crippen molar-refractivity contribution < 1.29 is 23.1 Å². The molecule has 46 heavy (non-hydrogen) atoms. The predicted molar refractivity (Wildman–Crippen MR) is 175 cm³/mol. The van der Waals surface area contributed by atoms with Crippen molar-refractivity contribution in [2.45, 2.75) is 96.2 Å². The molecule has 1 aliphatic rings. The second-order valence-electron chi connectivity index (χ2n) is 12.8. The maximum Gasteiger partial charge on any atom is 0.287 e. The van der Waals surface area contributed by atoms with E-state index in [4.69, 9.17) is 28.5 Å². The molecule has 0 bridgehead atoms. The largest absolute Gasteiger partial charge is 0.407 e. The summed E-state index contributed by atoms with van der Waals surface area (Å²) in [5.41, 5.74) is 1.23. The van der Waals surface area contributed by atoms with Crippen LogP contribution in [0.25, 0.3) is 16.9 Å². The van der Waals surface area contributed by atoms with Crippen molar-refractivity contribution >= 4 is 40.0 Å². The Morgan fingerprint density at radius 3 is 2.59 bits per heavy atom. The van der Waals surface area contributed by atoms with Crippen molar-refractivity contribution in [3.63, 3.8) is 0 Å². The van der Waals surface area contributed by atoms with Crippen LogP contribution in [0.3, 0.4) is 0 Å². The Morgan fingerprint density at radius 2 is 1.93 bits per heavy atom. The van der Waals surface area contributed by atoms with E-state index in [0.29, 0.717) is 30.8 Å². The number of ether oxygens (including phenoxy) is 1. The number of benzene rings is 1. The molecule has 0 amide bonds. The molecule has 4 aromatic rings. The highest BCUT2D eigenvalue weighted by atomic mass is 31.1. The van der Waals surface area contributed by atoms with Crippen molar-refractivity contribution in [2.75, 3.05) is 6.61 Å². The zero-order chi connectivity index (χ0) is 33.2. The minimum Gasteiger partial charge on any atom is -0.407 e. The van der Waals surface area contributed by atoms with Gasteiger partial charge in [-0.25, -0.2) is 9.38 Å². The molecule has 1 aromatic carbocycles. The molecule has 3 aromatic heterocycles. The number of fused-ring (bicyclic) bond motifs is 2. The molecule has 5 atom stereocenters. The van der Waals surface area contributed by atoms with Gasteiger partial charge in [0.1, 0.15) is 12.2 Å². The van der Waals surface area contributed by atoms with Crippen LogP contribution in [-0.4, -0.2) is 61.7 Å². The van der Waals surface area contributed by atoms with Crippen LogP contribution >= 0.6 is 9.03 Å². The predicted octanol–water partition coefficient (Wildman–Crippen LogP) is 5.52. The lowest BCUT2D eigenvalue weighted by Crippen LogP contribution is -2.48. The molecule has 14 nitrogen and oxygen atoms in total. The van der Waals surface area contributed by atoms with Gasteiger partial charge in [-0.15, -0.1) is 0 Å². The van der Waals surface area contributed by atoms with Crippen molar-refractivity contribution in [3.8, 4) is 6.07 Å². The Kier molecular flexibility index (Phi) is 10.1. The summed E-state index contributed by atoms with van der Waals surface area (Å²) < 4.78 is 30.6. The first-order chi connectivity index (χ1) is 21.9. The lowest BCUT2D eigenvalue weighted by atomic mass is 10.1. The van der Waals surface area contributed by atoms with E-state index in [9.17, 15) is 14.9 Å². The minimum atomic E-state index is -2.34. The van der Waals surface area contributed by atoms with Crippen LogP contribution in [0.4, 0.5) is 5.69 Å². The molecule has 1 saturated heterocycles. The van der Waals surface area contributed by atoms with Gasteiger partial charge < -0.3 is 22.8 Å². The van der Waals surface area contributed by atoms with Crippen LogP contribution in [0.5, 0.6) is 0 Å². The SMILES string of the molecule is CC[C@H]1O[C@@H](n2cnc3c(=O)n4ccn(CCc5ccc([N+](=O)[O-])cc5)c4nc32)[C@H](O[Si](C)(C)C(C)(C)C)[C@@H]1OPOCCC#N. The van der Waals surface area contributed by atoms with E-state index in [1.165, 1.54) is 16.5 Å². The Balaban J connectivity index is 1.49. The molecule has 0 radical (unpaired) electrons. The normalized spacial score (nSPS) is 20.7. The number of nitro benzene ring substituents is 1. The molecule has 5 rings (SSSR count). The highest BCUT2D eigenvalue weighted by Gasteiger charge is 2.51. The molecule has 1 fully saturated rings. The number of hydrogen-bond donors (Lipinski definition) is 0. The van der Waals surface area contributed by atoms with Crippen LogP contribution in [0, 0.1) is 21.4 Å². The second-order valence-corrected chi connectivity index (χ2v) is 18.3. The number of hydrogen-bond acceptors (Lipinski definition) is 10. The van der Waals surface area contributed by atoms with E-state index in [1.54, 1.807) is 35.4 Å². The van der Waals surface area contributed by atoms with Crippen LogP contribution in [0.1, 0.15) is 52.3 Å². The first kappa shape index (κ1) is 33.8. The Morgan fingerprint density at radius 1 is 1.20 bits per heavy atom. The van der Waals surface area contributed by atoms with E-state index < -0.39 is 31.7 Å². The molecule has 4 heterocycles. The zero-order valence-electron chi connectivity index (χ0n) is 26.9. The van der Waals surface area contributed by atoms with Gasteiger partial charge in [0, 0.05) is 31.1 Å². The highest BCUT2D eigenvalue weighted by Crippen LogP contribution is 2.44. The molecule has 1 unspecified atom stereocenters. The lowest BCUT2D eigenvalue weighted by Gasteiger charge is -2.40. The molecule has 1 aliphatic heterocycles. The van der Waals surface area contributed by atoms with Crippen molar-refractivity contribution in [2.24, 2.45) is 0 Å². The van der Waals surface area contributed by atoms with Crippen molar-refractivity contribution in [1.29, 1.82) is 5.26 Å². The smallest absolute Gasteiger partial charge is 0.287 e. The van der Waals surface area contributed by atoms with Crippen molar-refractivity contribution in [1.82, 2.24) is 23.5 Å². The summed E-state index contributed by atoms with van der Waals surface area (Å²) in [6.45, 7) is 13.6. The summed E-state index contributed by atoms with van der Waals surface area (Å²) >= 11 is 0. The fraction of sp³-hybridized carbons (Fsp3) is 0.533. The monoisotopic (exact) mass is 669 g/mol. The Hall–Kier alpha value is -3.51. The van der Waals surface area contributed by atoms with Crippen LogP contribution in [0.15, 0.2) is 47.8 Å². The van der Waals surface area contributed by atoms with Gasteiger partial charge in [0.15, 0.2) is 34.7 Å². The zero-order valence-corrected chi connectivity index (χ0v) is 28.9. The molecule has 0 N–H and O–H groups in total. The average molecular weight is 670 g/mol. The number of aromatic nitrogens is 5. The van der Waals surface area contributed by atoms with E-state index in [0.717, 1.165) is 5.56 Å². The maximum absolute atomic E-state index is 13.6. The lowest BCUT2D eigenvalue weighted by molar-refractivity contribution is -0.384. The summed E-state index contributed by atoms with van der Waals surface area (Å²) in [7, 11) is -2.64. The number of rotatable bonds is 13. The molecule has 0 aliphatic carbocycles. The fourth-order valence-corrected chi connectivity index (χ4v) is 7.12. The number of non-ortho nitro benzene ring substituents is 1. The first-order valence-corrected chi connectivity index (χ1v) is 19.0. The van der Waals surface area contributed by atoms with Crippen LogP contribution in [0.2, 0.25) is 18.1 Å². The average Bonchev–Trinajstić information content (AvgIpc) is 3.71. The van der Waals surface area contributed by atoms with E-state index in [2.05, 4.69) is 44.9 Å². The third-order valence-electron chi connectivity index (χ3n) is 8.81. The molecule has 16 heteroatoms. The van der Waals surface area contributed by atoms with Gasteiger partial charge in [-0.05, 0) is 36.5 Å². The number of nitriles is 1. The van der Waals surface area contributed by atoms with Gasteiger partial charge in [-0.2, -0.15) is 10.2 Å². The Labute approximate surface area is 269 Å². The van der Waals surface area contributed by atoms with E-state index >= 15 is 0 Å². The Bertz CT molecular complexity index is 1790. The summed E-state index contributed by atoms with van der Waals surface area (Å²) in [5, 5.41) is 19.8. The number of aryl methyl sites for hydroxylation is 2. The summed E-state index contributed by atoms with van der Waals surface area (Å²) in [6.07, 6.45) is 4.55. The summed E-state index contributed by atoms with van der Waals surface area (Å²) in [4.78, 5) is 33.6. The molecule has 0 spiro atoms. The molecule has 246 valence electrons. The fourth-order valence-electron chi connectivity index (χ4n) is 5.19. The van der Waals surface area contributed by atoms with Crippen LogP contribution in [-0.2, 0) is 31.2 Å². The maximum atomic E-state index is 13.6. The number of nitrogens with zero attached hydrogens (tertiary/aromatic N) is 7. The van der Waals surface area contributed by atoms with Crippen molar-refractivity contribution in [3.05, 3.63) is 69.0 Å². The van der Waals surface area contributed by atoms with Gasteiger partial charge in [0.25, 0.3) is 11.2 Å². The van der Waals surface area contributed by atoms with Crippen LogP contribution < -0.4 is 5.56 Å². The van der Waals surface area contributed by atoms with Gasteiger partial charge in [0.05, 0.1) is 36.5 Å². The van der Waals surface area contributed by atoms with Gasteiger partial charge in [-0.1, -0.05) is 39.8 Å². The first-order valence-electron chi connectivity index (χ1n) is 15.3. The minimum absolute atomic E-state index is 0.0361. The van der Waals surface area contributed by atoms with Gasteiger partial charge >= 0.3 is 0 Å². The molecule has 0 saturated carbocycles. The standard InChI is InChI=1S/C30H40N7O7PSi/c1-7-22-24(43-45-41-18-8-14-31)25(44-46(5,6)30(2,3)4)28(42-22)36-19-32-23-26(36)33-29-34(16-17-35(29)27(23)38)15-13-20-9-11-21(12-10-20)37(39)40/h9-12,16-17,19,22,24-25,28,45H,7-8,13,15,18H2,1-6H3/t22-,24-,25-,28-/m1/s1. The number of nitro groups is 1. The third-order valence-corrected chi connectivity index (χ3v) is 14.0. The second kappa shape index (κ2) is 13.7. The topological polar surface area (TPSA) is 161 Å². The van der Waals surface area contributed by atoms with E-state index in [1.807, 2.05) is 11.5 Å². The number of imidazole rings is 2. The highest BCUT2D eigenvalue weighted by molar-refractivity contribution is 7.26.